The first kappa shape index (κ1) is 31.1. The van der Waals surface area contributed by atoms with E-state index in [1.807, 2.05) is 17.6 Å². The number of hydrogen-bond acceptors (Lipinski definition) is 5. The molecule has 9 nitrogen and oxygen atoms in total. The first-order chi connectivity index (χ1) is 21.5. The van der Waals surface area contributed by atoms with Crippen molar-refractivity contribution < 1.29 is 32.2 Å². The molecule has 2 aromatic heterocycles. The average Bonchev–Trinajstić information content (AvgIpc) is 3.41. The maximum Gasteiger partial charge on any atom is 0.391 e. The number of hydrogen-bond donors (Lipinski definition) is 2. The van der Waals surface area contributed by atoms with Gasteiger partial charge < -0.3 is 25.1 Å². The number of aromatic nitrogens is 2. The summed E-state index contributed by atoms with van der Waals surface area (Å²) in [4.78, 5) is 29.7. The van der Waals surface area contributed by atoms with E-state index >= 15 is 0 Å². The number of rotatable bonds is 7. The number of aryl methyl sites for hydroxylation is 1. The van der Waals surface area contributed by atoms with Gasteiger partial charge in [0.2, 0.25) is 5.91 Å². The summed E-state index contributed by atoms with van der Waals surface area (Å²) < 4.78 is 48.4. The number of nitrogens with zero attached hydrogens (tertiary/aromatic N) is 3. The maximum atomic E-state index is 13.7. The van der Waals surface area contributed by atoms with E-state index in [4.69, 9.17) is 4.74 Å². The van der Waals surface area contributed by atoms with Crippen molar-refractivity contribution in [2.75, 3.05) is 25.1 Å². The first-order valence-electron chi connectivity index (χ1n) is 15.5. The van der Waals surface area contributed by atoms with E-state index < -0.39 is 35.9 Å². The number of carbonyl (C=O) groups is 2. The van der Waals surface area contributed by atoms with Gasteiger partial charge in [-0.2, -0.15) is 17.9 Å². The number of anilines is 1. The Hall–Kier alpha value is -3.90. The quantitative estimate of drug-likeness (QED) is 0.292. The third-order valence-electron chi connectivity index (χ3n) is 9.68. The number of fused-ring (bicyclic) bond motifs is 1. The third-order valence-corrected chi connectivity index (χ3v) is 9.68. The summed E-state index contributed by atoms with van der Waals surface area (Å²) in [5.41, 5.74) is 5.02. The number of halogens is 3. The second kappa shape index (κ2) is 12.5. The predicted molar refractivity (Wildman–Crippen MR) is 161 cm³/mol. The van der Waals surface area contributed by atoms with Gasteiger partial charge in [0.1, 0.15) is 11.7 Å². The van der Waals surface area contributed by atoms with Crippen molar-refractivity contribution in [1.29, 1.82) is 0 Å². The molecule has 2 fully saturated rings. The van der Waals surface area contributed by atoms with Crippen LogP contribution in [0.3, 0.4) is 0 Å². The Morgan fingerprint density at radius 1 is 1.00 bits per heavy atom. The third kappa shape index (κ3) is 6.44. The molecule has 2 N–H and O–H groups in total. The molecule has 6 rings (SSSR count). The Labute approximate surface area is 259 Å². The predicted octanol–water partition coefficient (Wildman–Crippen LogP) is 4.73. The first-order valence-corrected chi connectivity index (χ1v) is 15.5. The van der Waals surface area contributed by atoms with Gasteiger partial charge in [0.05, 0.1) is 30.7 Å². The number of ether oxygens (including phenoxy) is 1. The lowest BCUT2D eigenvalue weighted by Gasteiger charge is -2.40. The van der Waals surface area contributed by atoms with Gasteiger partial charge in [0.15, 0.2) is 11.9 Å². The number of pyridine rings is 1. The summed E-state index contributed by atoms with van der Waals surface area (Å²) in [5, 5.41) is 17.9. The Kier molecular flexibility index (Phi) is 8.62. The van der Waals surface area contributed by atoms with Crippen LogP contribution in [0, 0.1) is 30.9 Å². The van der Waals surface area contributed by atoms with Crippen LogP contribution in [0.25, 0.3) is 11.1 Å². The number of benzene rings is 1. The standard InChI is InChI=1S/C33H38F3N5O4/c1-20-13-14-41(44)21(2)29(20)22-5-9-25(10-6-22)37-32(43)30(23-3-7-24(8-4-23)33(34,35)36)38-31(42)28-12-11-26-17-39(15-16-40(26)28)27-18-45-19-27/h5-6,9-14,23-24,27,30H,3-4,7-8,15-19H2,1-2H3,(H,37,43)(H,38,42)/t23?,24?,30-/m0/s1. The summed E-state index contributed by atoms with van der Waals surface area (Å²) in [6.07, 6.45) is -2.64. The zero-order chi connectivity index (χ0) is 31.9. The van der Waals surface area contributed by atoms with Gasteiger partial charge in [-0.3, -0.25) is 14.5 Å². The van der Waals surface area contributed by atoms with E-state index in [1.54, 1.807) is 43.3 Å². The van der Waals surface area contributed by atoms with Crippen molar-refractivity contribution in [3.8, 4) is 11.1 Å². The fraction of sp³-hybridized carbons (Fsp3) is 0.485. The van der Waals surface area contributed by atoms with Crippen LogP contribution in [0.2, 0.25) is 0 Å². The Morgan fingerprint density at radius 2 is 1.71 bits per heavy atom. The zero-order valence-corrected chi connectivity index (χ0v) is 25.4. The number of amides is 2. The molecule has 1 saturated heterocycles. The number of alkyl halides is 3. The van der Waals surface area contributed by atoms with E-state index in [0.29, 0.717) is 49.4 Å². The molecule has 1 aromatic carbocycles. The molecule has 0 radical (unpaired) electrons. The lowest BCUT2D eigenvalue weighted by Crippen LogP contribution is -2.52. The Morgan fingerprint density at radius 3 is 2.36 bits per heavy atom. The highest BCUT2D eigenvalue weighted by Crippen LogP contribution is 2.40. The minimum Gasteiger partial charge on any atom is -0.618 e. The van der Waals surface area contributed by atoms with Crippen molar-refractivity contribution in [2.45, 2.75) is 70.9 Å². The highest BCUT2D eigenvalue weighted by molar-refractivity contribution is 6.01. The lowest BCUT2D eigenvalue weighted by atomic mass is 9.78. The van der Waals surface area contributed by atoms with Gasteiger partial charge >= 0.3 is 6.18 Å². The van der Waals surface area contributed by atoms with Crippen LogP contribution in [0.4, 0.5) is 18.9 Å². The van der Waals surface area contributed by atoms with Crippen LogP contribution in [-0.2, 0) is 22.6 Å². The van der Waals surface area contributed by atoms with E-state index in [0.717, 1.165) is 33.7 Å². The smallest absolute Gasteiger partial charge is 0.391 e. The maximum absolute atomic E-state index is 13.7. The van der Waals surface area contributed by atoms with Crippen LogP contribution < -0.4 is 15.4 Å². The van der Waals surface area contributed by atoms with Crippen LogP contribution in [0.5, 0.6) is 0 Å². The summed E-state index contributed by atoms with van der Waals surface area (Å²) in [5.74, 6) is -2.74. The molecule has 1 atom stereocenters. The average molecular weight is 626 g/mol. The summed E-state index contributed by atoms with van der Waals surface area (Å²) >= 11 is 0. The molecule has 0 bridgehead atoms. The van der Waals surface area contributed by atoms with Crippen molar-refractivity contribution in [1.82, 2.24) is 14.8 Å². The molecule has 4 heterocycles. The van der Waals surface area contributed by atoms with Crippen LogP contribution >= 0.6 is 0 Å². The Balaban J connectivity index is 1.19. The topological polar surface area (TPSA) is 103 Å². The number of nitrogens with one attached hydrogen (secondary N) is 2. The molecule has 3 aromatic rings. The zero-order valence-electron chi connectivity index (χ0n) is 25.4. The van der Waals surface area contributed by atoms with Crippen molar-refractivity contribution in [2.24, 2.45) is 11.8 Å². The van der Waals surface area contributed by atoms with Gasteiger partial charge in [-0.25, -0.2) is 0 Å². The van der Waals surface area contributed by atoms with Gasteiger partial charge in [0.25, 0.3) is 5.91 Å². The highest BCUT2D eigenvalue weighted by atomic mass is 19.4. The molecule has 3 aliphatic rings. The molecule has 12 heteroatoms. The van der Waals surface area contributed by atoms with Crippen LogP contribution in [-0.4, -0.2) is 59.3 Å². The van der Waals surface area contributed by atoms with Gasteiger partial charge in [-0.15, -0.1) is 0 Å². The summed E-state index contributed by atoms with van der Waals surface area (Å²) in [6.45, 7) is 7.15. The van der Waals surface area contributed by atoms with E-state index in [9.17, 15) is 28.0 Å². The SMILES string of the molecule is Cc1cc[n+]([O-])c(C)c1-c1ccc(NC(=O)[C@@H](NC(=O)c2ccc3n2CCN(C2COC2)C3)C2CCC(C(F)(F)F)CC2)cc1. The number of carbonyl (C=O) groups excluding carboxylic acids is 2. The molecule has 2 aliphatic heterocycles. The molecule has 0 spiro atoms. The lowest BCUT2D eigenvalue weighted by molar-refractivity contribution is -0.611. The molecule has 1 saturated carbocycles. The second-order valence-corrected chi connectivity index (χ2v) is 12.5. The second-order valence-electron chi connectivity index (χ2n) is 12.5. The van der Waals surface area contributed by atoms with Crippen molar-refractivity contribution in [3.05, 3.63) is 76.5 Å². The van der Waals surface area contributed by atoms with Gasteiger partial charge in [0, 0.05) is 44.0 Å². The van der Waals surface area contributed by atoms with E-state index in [1.165, 1.54) is 6.20 Å². The molecule has 1 aliphatic carbocycles. The molecule has 240 valence electrons. The van der Waals surface area contributed by atoms with Crippen molar-refractivity contribution in [3.63, 3.8) is 0 Å². The largest absolute Gasteiger partial charge is 0.618 e. The molecule has 2 amide bonds. The van der Waals surface area contributed by atoms with E-state index in [-0.39, 0.29) is 25.7 Å². The Bertz CT molecular complexity index is 1560. The molecule has 45 heavy (non-hydrogen) atoms. The van der Waals surface area contributed by atoms with Crippen LogP contribution in [0.15, 0.2) is 48.7 Å². The normalized spacial score (nSPS) is 21.4. The minimum absolute atomic E-state index is 0.0841. The van der Waals surface area contributed by atoms with Gasteiger partial charge in [-0.05, 0) is 73.9 Å². The van der Waals surface area contributed by atoms with Crippen LogP contribution in [0.1, 0.15) is 53.1 Å². The molecular formula is C33H38F3N5O4. The molecule has 0 unspecified atom stereocenters. The summed E-state index contributed by atoms with van der Waals surface area (Å²) in [6, 6.07) is 11.8. The minimum atomic E-state index is -4.28. The fourth-order valence-corrected chi connectivity index (χ4v) is 6.91. The summed E-state index contributed by atoms with van der Waals surface area (Å²) in [7, 11) is 0. The van der Waals surface area contributed by atoms with E-state index in [2.05, 4.69) is 15.5 Å². The monoisotopic (exact) mass is 625 g/mol. The highest BCUT2D eigenvalue weighted by Gasteiger charge is 2.44. The molecular weight excluding hydrogens is 587 g/mol. The van der Waals surface area contributed by atoms with Crippen molar-refractivity contribution >= 4 is 17.5 Å². The fourth-order valence-electron chi connectivity index (χ4n) is 6.91. The van der Waals surface area contributed by atoms with Gasteiger partial charge in [-0.1, -0.05) is 12.1 Å².